The molecule has 0 aliphatic carbocycles. The summed E-state index contributed by atoms with van der Waals surface area (Å²) >= 11 is 0. The molecule has 7 nitrogen and oxygen atoms in total. The molecule has 4 rings (SSSR count). The van der Waals surface area contributed by atoms with Gasteiger partial charge in [0, 0.05) is 32.2 Å². The second-order valence-electron chi connectivity index (χ2n) is 7.27. The fourth-order valence-corrected chi connectivity index (χ4v) is 3.78. The van der Waals surface area contributed by atoms with E-state index in [-0.39, 0.29) is 17.5 Å². The zero-order chi connectivity index (χ0) is 21.3. The van der Waals surface area contributed by atoms with Gasteiger partial charge in [0.15, 0.2) is 0 Å². The maximum atomic E-state index is 13.1. The van der Waals surface area contributed by atoms with E-state index < -0.39 is 0 Å². The number of aromatic nitrogens is 3. The predicted molar refractivity (Wildman–Crippen MR) is 117 cm³/mol. The van der Waals surface area contributed by atoms with Crippen molar-refractivity contribution < 1.29 is 9.53 Å². The largest absolute Gasteiger partial charge is 0.383 e. The Bertz CT molecular complexity index is 1290. The molecule has 0 spiro atoms. The average Bonchev–Trinajstić information content (AvgIpc) is 3.13. The van der Waals surface area contributed by atoms with Gasteiger partial charge in [-0.25, -0.2) is 4.98 Å². The SMILES string of the molecule is COCCn1c([C@@H](C)NC(=O)c2cc(=O)n(C)c3ccccc23)nc2ccccc21. The summed E-state index contributed by atoms with van der Waals surface area (Å²) in [6.45, 7) is 3.06. The van der Waals surface area contributed by atoms with E-state index in [1.807, 2.05) is 55.5 Å². The molecule has 0 saturated heterocycles. The zero-order valence-electron chi connectivity index (χ0n) is 17.3. The number of fused-ring (bicyclic) bond motifs is 2. The molecule has 30 heavy (non-hydrogen) atoms. The average molecular weight is 404 g/mol. The number of hydrogen-bond donors (Lipinski definition) is 1. The van der Waals surface area contributed by atoms with Crippen molar-refractivity contribution >= 4 is 27.8 Å². The van der Waals surface area contributed by atoms with Crippen LogP contribution in [-0.2, 0) is 18.3 Å². The highest BCUT2D eigenvalue weighted by molar-refractivity contribution is 6.06. The molecule has 2 aromatic heterocycles. The minimum Gasteiger partial charge on any atom is -0.383 e. The molecule has 0 radical (unpaired) electrons. The number of hydrogen-bond acceptors (Lipinski definition) is 4. The summed E-state index contributed by atoms with van der Waals surface area (Å²) in [5, 5.41) is 3.75. The number of aryl methyl sites for hydroxylation is 1. The second-order valence-corrected chi connectivity index (χ2v) is 7.27. The van der Waals surface area contributed by atoms with Crippen LogP contribution in [0, 0.1) is 0 Å². The first-order chi connectivity index (χ1) is 14.5. The molecule has 7 heteroatoms. The van der Waals surface area contributed by atoms with Crippen molar-refractivity contribution in [1.82, 2.24) is 19.4 Å². The molecule has 154 valence electrons. The summed E-state index contributed by atoms with van der Waals surface area (Å²) in [5.41, 5.74) is 2.71. The Balaban J connectivity index is 1.71. The summed E-state index contributed by atoms with van der Waals surface area (Å²) in [7, 11) is 3.36. The van der Waals surface area contributed by atoms with E-state index in [0.29, 0.717) is 18.7 Å². The minimum atomic E-state index is -0.357. The van der Waals surface area contributed by atoms with Gasteiger partial charge in [-0.2, -0.15) is 0 Å². The van der Waals surface area contributed by atoms with E-state index in [9.17, 15) is 9.59 Å². The summed E-state index contributed by atoms with van der Waals surface area (Å²) in [6, 6.07) is 16.3. The normalized spacial score (nSPS) is 12.4. The third-order valence-corrected chi connectivity index (χ3v) is 5.34. The fourth-order valence-electron chi connectivity index (χ4n) is 3.78. The van der Waals surface area contributed by atoms with Crippen LogP contribution < -0.4 is 10.9 Å². The Morgan fingerprint density at radius 2 is 1.83 bits per heavy atom. The van der Waals surface area contributed by atoms with Gasteiger partial charge in [-0.05, 0) is 25.1 Å². The van der Waals surface area contributed by atoms with Gasteiger partial charge >= 0.3 is 0 Å². The first kappa shape index (κ1) is 19.8. The Morgan fingerprint density at radius 1 is 1.13 bits per heavy atom. The van der Waals surface area contributed by atoms with Crippen LogP contribution in [-0.4, -0.2) is 33.7 Å². The number of carbonyl (C=O) groups is 1. The molecule has 0 fully saturated rings. The fraction of sp³-hybridized carbons (Fsp3) is 0.261. The number of carbonyl (C=O) groups excluding carboxylic acids is 1. The molecular formula is C23H24N4O3. The highest BCUT2D eigenvalue weighted by atomic mass is 16.5. The first-order valence-corrected chi connectivity index (χ1v) is 9.85. The summed E-state index contributed by atoms with van der Waals surface area (Å²) in [4.78, 5) is 30.2. The van der Waals surface area contributed by atoms with Gasteiger partial charge in [-0.1, -0.05) is 30.3 Å². The molecule has 0 aliphatic rings. The Hall–Kier alpha value is -3.45. The number of ether oxygens (including phenoxy) is 1. The van der Waals surface area contributed by atoms with E-state index in [0.717, 1.165) is 27.8 Å². The van der Waals surface area contributed by atoms with Crippen molar-refractivity contribution in [2.24, 2.45) is 7.05 Å². The van der Waals surface area contributed by atoms with E-state index in [1.165, 1.54) is 6.07 Å². The van der Waals surface area contributed by atoms with Gasteiger partial charge in [-0.15, -0.1) is 0 Å². The number of para-hydroxylation sites is 3. The minimum absolute atomic E-state index is 0.223. The maximum Gasteiger partial charge on any atom is 0.252 e. The summed E-state index contributed by atoms with van der Waals surface area (Å²) in [6.07, 6.45) is 0. The topological polar surface area (TPSA) is 78.1 Å². The Labute approximate surface area is 173 Å². The zero-order valence-corrected chi connectivity index (χ0v) is 17.3. The molecule has 1 amide bonds. The smallest absolute Gasteiger partial charge is 0.252 e. The molecular weight excluding hydrogens is 380 g/mol. The number of rotatable bonds is 6. The lowest BCUT2D eigenvalue weighted by Crippen LogP contribution is -2.31. The van der Waals surface area contributed by atoms with Crippen molar-refractivity contribution in [3.05, 3.63) is 76.3 Å². The highest BCUT2D eigenvalue weighted by Crippen LogP contribution is 2.22. The molecule has 0 bridgehead atoms. The quantitative estimate of drug-likeness (QED) is 0.536. The molecule has 0 unspecified atom stereocenters. The molecule has 2 aromatic carbocycles. The van der Waals surface area contributed by atoms with Crippen molar-refractivity contribution in [1.29, 1.82) is 0 Å². The van der Waals surface area contributed by atoms with E-state index >= 15 is 0 Å². The van der Waals surface area contributed by atoms with Crippen molar-refractivity contribution in [2.75, 3.05) is 13.7 Å². The van der Waals surface area contributed by atoms with Crippen molar-refractivity contribution in [3.8, 4) is 0 Å². The molecule has 0 saturated carbocycles. The molecule has 0 aliphatic heterocycles. The number of imidazole rings is 1. The van der Waals surface area contributed by atoms with Crippen LogP contribution >= 0.6 is 0 Å². The van der Waals surface area contributed by atoms with E-state index in [2.05, 4.69) is 9.88 Å². The molecule has 4 aromatic rings. The number of amides is 1. The maximum absolute atomic E-state index is 13.1. The van der Waals surface area contributed by atoms with Gasteiger partial charge in [-0.3, -0.25) is 9.59 Å². The van der Waals surface area contributed by atoms with Gasteiger partial charge < -0.3 is 19.2 Å². The standard InChI is InChI=1S/C23H24N4O3/c1-15(22-25-18-9-5-7-11-20(18)27(22)12-13-30-3)24-23(29)17-14-21(28)26(2)19-10-6-4-8-16(17)19/h4-11,14-15H,12-13H2,1-3H3,(H,24,29)/t15-/m1/s1. The summed E-state index contributed by atoms with van der Waals surface area (Å²) in [5.74, 6) is 0.441. The van der Waals surface area contributed by atoms with E-state index in [4.69, 9.17) is 9.72 Å². The van der Waals surface area contributed by atoms with Gasteiger partial charge in [0.1, 0.15) is 5.82 Å². The first-order valence-electron chi connectivity index (χ1n) is 9.85. The number of nitrogens with zero attached hydrogens (tertiary/aromatic N) is 3. The predicted octanol–water partition coefficient (Wildman–Crippen LogP) is 3.03. The van der Waals surface area contributed by atoms with Crippen LogP contribution in [0.4, 0.5) is 0 Å². The molecule has 2 heterocycles. The van der Waals surface area contributed by atoms with E-state index in [1.54, 1.807) is 18.7 Å². The van der Waals surface area contributed by atoms with Crippen molar-refractivity contribution in [2.45, 2.75) is 19.5 Å². The number of methoxy groups -OCH3 is 1. The van der Waals surface area contributed by atoms with Crippen LogP contribution in [0.3, 0.4) is 0 Å². The second kappa shape index (κ2) is 8.12. The summed E-state index contributed by atoms with van der Waals surface area (Å²) < 4.78 is 8.85. The lowest BCUT2D eigenvalue weighted by atomic mass is 10.1. The molecule has 1 N–H and O–H groups in total. The monoisotopic (exact) mass is 404 g/mol. The van der Waals surface area contributed by atoms with Gasteiger partial charge in [0.2, 0.25) is 0 Å². The molecule has 1 atom stereocenters. The van der Waals surface area contributed by atoms with Crippen LogP contribution in [0.25, 0.3) is 21.9 Å². The lowest BCUT2D eigenvalue weighted by Gasteiger charge is -2.17. The van der Waals surface area contributed by atoms with Crippen LogP contribution in [0.2, 0.25) is 0 Å². The number of benzene rings is 2. The lowest BCUT2D eigenvalue weighted by molar-refractivity contribution is 0.0938. The Kier molecular flexibility index (Phi) is 5.37. The van der Waals surface area contributed by atoms with Crippen LogP contribution in [0.1, 0.15) is 29.1 Å². The third kappa shape index (κ3) is 3.48. The Morgan fingerprint density at radius 3 is 2.60 bits per heavy atom. The third-order valence-electron chi connectivity index (χ3n) is 5.34. The van der Waals surface area contributed by atoms with Gasteiger partial charge in [0.25, 0.3) is 11.5 Å². The van der Waals surface area contributed by atoms with Gasteiger partial charge in [0.05, 0.1) is 34.8 Å². The highest BCUT2D eigenvalue weighted by Gasteiger charge is 2.20. The number of pyridine rings is 1. The van der Waals surface area contributed by atoms with Crippen LogP contribution in [0.15, 0.2) is 59.4 Å². The number of nitrogens with one attached hydrogen (secondary N) is 1. The van der Waals surface area contributed by atoms with Crippen molar-refractivity contribution in [3.63, 3.8) is 0 Å². The van der Waals surface area contributed by atoms with Crippen LogP contribution in [0.5, 0.6) is 0 Å².